The predicted octanol–water partition coefficient (Wildman–Crippen LogP) is 1.94. The Bertz CT molecular complexity index is 1340. The Kier molecular flexibility index (Phi) is 9.24. The summed E-state index contributed by atoms with van der Waals surface area (Å²) in [5.74, 6) is 2.68. The van der Waals surface area contributed by atoms with Crippen LogP contribution in [0.15, 0.2) is 22.8 Å². The second kappa shape index (κ2) is 12.2. The molecule has 0 N–H and O–H groups in total. The number of halogens is 1. The highest BCUT2D eigenvalue weighted by atomic mass is 79.9. The standard InChI is InChI=1S/C25H25BrN2O10/c1-12(29)28-10-18-9-19(26)8-17(22(18)27-28)6-7-20-23(35-14(3)31)25(37-16(5)33)24(36-15(4)32)21(38-20)11-34-13(2)30/h8-10,20-21,23-25H,11H2,1-5H3/t20-,21-,23-,24-,25-/m1/s1. The van der Waals surface area contributed by atoms with Crippen LogP contribution in [0.2, 0.25) is 0 Å². The quantitative estimate of drug-likeness (QED) is 0.284. The molecule has 1 aromatic carbocycles. The molecule has 1 aromatic heterocycles. The summed E-state index contributed by atoms with van der Waals surface area (Å²) in [7, 11) is 0. The number of ether oxygens (including phenoxy) is 5. The van der Waals surface area contributed by atoms with E-state index in [1.165, 1.54) is 18.5 Å². The van der Waals surface area contributed by atoms with Crippen molar-refractivity contribution >= 4 is 56.6 Å². The fourth-order valence-electron chi connectivity index (χ4n) is 3.85. The molecule has 1 aliphatic rings. The first-order valence-electron chi connectivity index (χ1n) is 11.4. The smallest absolute Gasteiger partial charge is 0.303 e. The third-order valence-electron chi connectivity index (χ3n) is 5.24. The number of rotatable bonds is 5. The van der Waals surface area contributed by atoms with Crippen molar-refractivity contribution in [2.45, 2.75) is 65.1 Å². The first kappa shape index (κ1) is 28.8. The van der Waals surface area contributed by atoms with Crippen molar-refractivity contribution in [3.05, 3.63) is 28.4 Å². The summed E-state index contributed by atoms with van der Waals surface area (Å²) >= 11 is 3.41. The second-order valence-electron chi connectivity index (χ2n) is 8.37. The van der Waals surface area contributed by atoms with Crippen molar-refractivity contribution in [2.24, 2.45) is 0 Å². The molecule has 13 heteroatoms. The zero-order valence-electron chi connectivity index (χ0n) is 21.2. The Morgan fingerprint density at radius 1 is 0.921 bits per heavy atom. The number of nitrogens with zero attached hydrogens (tertiary/aromatic N) is 2. The number of hydrogen-bond donors (Lipinski definition) is 0. The normalized spacial score (nSPS) is 22.5. The first-order valence-corrected chi connectivity index (χ1v) is 12.2. The zero-order chi connectivity index (χ0) is 28.1. The molecule has 0 bridgehead atoms. The molecular weight excluding hydrogens is 568 g/mol. The van der Waals surface area contributed by atoms with Gasteiger partial charge in [-0.15, -0.1) is 0 Å². The molecule has 1 fully saturated rings. The van der Waals surface area contributed by atoms with E-state index >= 15 is 0 Å². The lowest BCUT2D eigenvalue weighted by molar-refractivity contribution is -0.242. The molecule has 1 saturated heterocycles. The molecule has 0 unspecified atom stereocenters. The lowest BCUT2D eigenvalue weighted by atomic mass is 9.94. The van der Waals surface area contributed by atoms with E-state index in [1.54, 1.807) is 18.3 Å². The minimum absolute atomic E-state index is 0.296. The molecule has 38 heavy (non-hydrogen) atoms. The van der Waals surface area contributed by atoms with E-state index < -0.39 is 54.4 Å². The van der Waals surface area contributed by atoms with Crippen LogP contribution >= 0.6 is 15.9 Å². The van der Waals surface area contributed by atoms with Gasteiger partial charge in [0.2, 0.25) is 5.91 Å². The summed E-state index contributed by atoms with van der Waals surface area (Å²) < 4.78 is 29.1. The highest BCUT2D eigenvalue weighted by Crippen LogP contribution is 2.30. The van der Waals surface area contributed by atoms with Gasteiger partial charge < -0.3 is 23.7 Å². The fraction of sp³-hybridized carbons (Fsp3) is 0.440. The van der Waals surface area contributed by atoms with E-state index in [4.69, 9.17) is 23.7 Å². The van der Waals surface area contributed by atoms with Crippen LogP contribution in [0, 0.1) is 11.8 Å². The molecule has 202 valence electrons. The van der Waals surface area contributed by atoms with Gasteiger partial charge in [-0.05, 0) is 12.1 Å². The molecule has 0 radical (unpaired) electrons. The summed E-state index contributed by atoms with van der Waals surface area (Å²) in [6, 6.07) is 3.44. The van der Waals surface area contributed by atoms with Crippen LogP contribution in [-0.4, -0.2) is 76.7 Å². The van der Waals surface area contributed by atoms with Crippen LogP contribution in [-0.2, 0) is 42.9 Å². The zero-order valence-corrected chi connectivity index (χ0v) is 22.8. The third-order valence-corrected chi connectivity index (χ3v) is 5.69. The van der Waals surface area contributed by atoms with Crippen LogP contribution in [0.25, 0.3) is 10.9 Å². The van der Waals surface area contributed by atoms with Gasteiger partial charge in [-0.2, -0.15) is 5.10 Å². The average Bonchev–Trinajstić information content (AvgIpc) is 3.23. The van der Waals surface area contributed by atoms with Crippen LogP contribution in [0.1, 0.15) is 45.0 Å². The van der Waals surface area contributed by atoms with Crippen molar-refractivity contribution in [3.8, 4) is 11.8 Å². The molecule has 2 heterocycles. The van der Waals surface area contributed by atoms with Gasteiger partial charge >= 0.3 is 23.9 Å². The van der Waals surface area contributed by atoms with Crippen LogP contribution in [0.3, 0.4) is 0 Å². The van der Waals surface area contributed by atoms with Crippen molar-refractivity contribution in [1.82, 2.24) is 9.78 Å². The second-order valence-corrected chi connectivity index (χ2v) is 9.29. The van der Waals surface area contributed by atoms with Gasteiger partial charge in [0.25, 0.3) is 0 Å². The Hall–Kier alpha value is -3.76. The minimum Gasteiger partial charge on any atom is -0.463 e. The van der Waals surface area contributed by atoms with Gasteiger partial charge in [0, 0.05) is 50.7 Å². The average molecular weight is 593 g/mol. The van der Waals surface area contributed by atoms with E-state index in [-0.39, 0.29) is 12.5 Å². The topological polar surface area (TPSA) is 149 Å². The van der Waals surface area contributed by atoms with E-state index in [0.29, 0.717) is 20.9 Å². The number of carbonyl (C=O) groups excluding carboxylic acids is 5. The summed E-state index contributed by atoms with van der Waals surface area (Å²) in [6.45, 7) is 5.61. The number of hydrogen-bond acceptors (Lipinski definition) is 11. The number of esters is 4. The van der Waals surface area contributed by atoms with Gasteiger partial charge in [0.05, 0.1) is 5.56 Å². The maximum absolute atomic E-state index is 12.0. The van der Waals surface area contributed by atoms with E-state index in [0.717, 1.165) is 20.8 Å². The van der Waals surface area contributed by atoms with Gasteiger partial charge in [0.1, 0.15) is 18.2 Å². The molecule has 12 nitrogen and oxygen atoms in total. The highest BCUT2D eigenvalue weighted by molar-refractivity contribution is 9.10. The molecule has 1 aliphatic heterocycles. The molecular formula is C25H25BrN2O10. The summed E-state index contributed by atoms with van der Waals surface area (Å²) in [5, 5.41) is 4.92. The molecule has 0 amide bonds. The van der Waals surface area contributed by atoms with Crippen molar-refractivity contribution < 1.29 is 47.7 Å². The Morgan fingerprint density at radius 3 is 2.11 bits per heavy atom. The Balaban J connectivity index is 2.10. The van der Waals surface area contributed by atoms with Gasteiger partial charge in [0.15, 0.2) is 24.4 Å². The summed E-state index contributed by atoms with van der Waals surface area (Å²) in [6.07, 6.45) is -4.67. The van der Waals surface area contributed by atoms with E-state index in [9.17, 15) is 24.0 Å². The lowest BCUT2D eigenvalue weighted by Gasteiger charge is -2.42. The van der Waals surface area contributed by atoms with Crippen molar-refractivity contribution in [1.29, 1.82) is 0 Å². The minimum atomic E-state index is -1.33. The van der Waals surface area contributed by atoms with Crippen LogP contribution < -0.4 is 0 Å². The van der Waals surface area contributed by atoms with Gasteiger partial charge in [-0.25, -0.2) is 4.68 Å². The highest BCUT2D eigenvalue weighted by Gasteiger charge is 2.51. The van der Waals surface area contributed by atoms with Crippen molar-refractivity contribution in [3.63, 3.8) is 0 Å². The monoisotopic (exact) mass is 592 g/mol. The summed E-state index contributed by atoms with van der Waals surface area (Å²) in [5.41, 5.74) is 0.851. The predicted molar refractivity (Wildman–Crippen MR) is 133 cm³/mol. The molecule has 0 aliphatic carbocycles. The summed E-state index contributed by atoms with van der Waals surface area (Å²) in [4.78, 5) is 59.1. The molecule has 3 rings (SSSR count). The van der Waals surface area contributed by atoms with Gasteiger partial charge in [-0.1, -0.05) is 27.8 Å². The number of fused-ring (bicyclic) bond motifs is 1. The van der Waals surface area contributed by atoms with E-state index in [1.807, 2.05) is 0 Å². The molecule has 0 spiro atoms. The Morgan fingerprint density at radius 2 is 1.53 bits per heavy atom. The maximum Gasteiger partial charge on any atom is 0.303 e. The van der Waals surface area contributed by atoms with Crippen LogP contribution in [0.4, 0.5) is 0 Å². The third kappa shape index (κ3) is 7.17. The van der Waals surface area contributed by atoms with Gasteiger partial charge in [-0.3, -0.25) is 24.0 Å². The molecule has 0 saturated carbocycles. The molecule has 5 atom stereocenters. The largest absolute Gasteiger partial charge is 0.463 e. The maximum atomic E-state index is 12.0. The first-order chi connectivity index (χ1) is 17.8. The number of aromatic nitrogens is 2. The fourth-order valence-corrected chi connectivity index (χ4v) is 4.32. The van der Waals surface area contributed by atoms with Crippen molar-refractivity contribution in [2.75, 3.05) is 6.61 Å². The molecule has 2 aromatic rings. The lowest BCUT2D eigenvalue weighted by Crippen LogP contribution is -2.62. The van der Waals surface area contributed by atoms with Crippen LogP contribution in [0.5, 0.6) is 0 Å². The Labute approximate surface area is 226 Å². The SMILES string of the molecule is CC(=O)OC[C@H]1O[C@H](C#Cc2cc(Br)cc3cn(C(C)=O)nc23)[C@@H](OC(C)=O)[C@@H](OC(C)=O)[C@@H]1OC(C)=O. The van der Waals surface area contributed by atoms with E-state index in [2.05, 4.69) is 32.9 Å². The number of benzene rings is 1. The number of carbonyl (C=O) groups is 5.